The average molecular weight is 364 g/mol. The number of rotatable bonds is 10. The van der Waals surface area contributed by atoms with Crippen LogP contribution in [0.4, 0.5) is 0 Å². The van der Waals surface area contributed by atoms with Crippen molar-refractivity contribution in [2.75, 3.05) is 0 Å². The van der Waals surface area contributed by atoms with E-state index >= 15 is 0 Å². The number of unbranched alkanes of at least 4 members (excludes halogenated alkanes) is 2. The normalized spacial score (nSPS) is 12.7. The number of aliphatic hydroxyl groups excluding tert-OH is 1. The van der Waals surface area contributed by atoms with Gasteiger partial charge in [0.2, 0.25) is 0 Å². The maximum Gasteiger partial charge on any atom is 0.303 e. The van der Waals surface area contributed by atoms with Crippen LogP contribution in [0.15, 0.2) is 60.7 Å². The number of benzene rings is 2. The molecule has 0 spiro atoms. The fraction of sp³-hybridized carbons (Fsp3) is 0.292. The van der Waals surface area contributed by atoms with Gasteiger partial charge in [0.1, 0.15) is 6.10 Å². The Kier molecular flexibility index (Phi) is 8.53. The first kappa shape index (κ1) is 20.7. The molecule has 2 aromatic rings. The molecule has 27 heavy (non-hydrogen) atoms. The average Bonchev–Trinajstić information content (AvgIpc) is 2.68. The van der Waals surface area contributed by atoms with E-state index in [1.54, 1.807) is 0 Å². The van der Waals surface area contributed by atoms with Crippen molar-refractivity contribution in [3.8, 4) is 0 Å². The topological polar surface area (TPSA) is 57.5 Å². The Morgan fingerprint density at radius 1 is 0.963 bits per heavy atom. The molecule has 142 valence electrons. The summed E-state index contributed by atoms with van der Waals surface area (Å²) >= 11 is 0. The van der Waals surface area contributed by atoms with Gasteiger partial charge in [-0.05, 0) is 47.6 Å². The van der Waals surface area contributed by atoms with E-state index in [0.717, 1.165) is 41.5 Å². The minimum absolute atomic E-state index is 0.187. The van der Waals surface area contributed by atoms with Crippen LogP contribution in [0.5, 0.6) is 0 Å². The van der Waals surface area contributed by atoms with E-state index in [0.29, 0.717) is 6.42 Å². The van der Waals surface area contributed by atoms with Crippen LogP contribution < -0.4 is 0 Å². The number of aliphatic carboxylic acids is 1. The van der Waals surface area contributed by atoms with Crippen molar-refractivity contribution >= 4 is 18.1 Å². The molecule has 0 amide bonds. The molecule has 0 radical (unpaired) electrons. The van der Waals surface area contributed by atoms with Crippen LogP contribution in [0.25, 0.3) is 12.2 Å². The van der Waals surface area contributed by atoms with Gasteiger partial charge < -0.3 is 10.2 Å². The highest BCUT2D eigenvalue weighted by Gasteiger charge is 2.10. The smallest absolute Gasteiger partial charge is 0.303 e. The Labute approximate surface area is 161 Å². The van der Waals surface area contributed by atoms with E-state index in [-0.39, 0.29) is 6.42 Å². The van der Waals surface area contributed by atoms with Gasteiger partial charge in [0.05, 0.1) is 0 Å². The zero-order valence-corrected chi connectivity index (χ0v) is 15.8. The lowest BCUT2D eigenvalue weighted by Gasteiger charge is -2.12. The van der Waals surface area contributed by atoms with Crippen molar-refractivity contribution in [1.29, 1.82) is 0 Å². The number of aliphatic hydroxyl groups is 1. The van der Waals surface area contributed by atoms with E-state index in [2.05, 4.69) is 19.1 Å². The molecule has 0 fully saturated rings. The third-order valence-electron chi connectivity index (χ3n) is 4.32. The highest BCUT2D eigenvalue weighted by atomic mass is 16.4. The van der Waals surface area contributed by atoms with Crippen LogP contribution >= 0.6 is 0 Å². The summed E-state index contributed by atoms with van der Waals surface area (Å²) in [5.41, 5.74) is 3.85. The highest BCUT2D eigenvalue weighted by molar-refractivity contribution is 5.66. The molecule has 3 heteroatoms. The van der Waals surface area contributed by atoms with Crippen LogP contribution in [-0.2, 0) is 4.79 Å². The number of hydrogen-bond donors (Lipinski definition) is 2. The zero-order valence-electron chi connectivity index (χ0n) is 15.8. The van der Waals surface area contributed by atoms with E-state index in [9.17, 15) is 9.90 Å². The summed E-state index contributed by atoms with van der Waals surface area (Å²) in [6.07, 6.45) is 11.3. The van der Waals surface area contributed by atoms with Crippen molar-refractivity contribution in [1.82, 2.24) is 0 Å². The Balaban J connectivity index is 2.00. The Hall–Kier alpha value is -2.65. The van der Waals surface area contributed by atoms with E-state index in [4.69, 9.17) is 5.11 Å². The highest BCUT2D eigenvalue weighted by Crippen LogP contribution is 2.24. The van der Waals surface area contributed by atoms with Crippen molar-refractivity contribution in [2.45, 2.75) is 45.1 Å². The molecule has 0 aliphatic rings. The largest absolute Gasteiger partial charge is 0.481 e. The fourth-order valence-corrected chi connectivity index (χ4v) is 2.79. The minimum Gasteiger partial charge on any atom is -0.481 e. The van der Waals surface area contributed by atoms with E-state index in [1.165, 1.54) is 0 Å². The minimum atomic E-state index is -0.764. The predicted molar refractivity (Wildman–Crippen MR) is 111 cm³/mol. The van der Waals surface area contributed by atoms with Gasteiger partial charge in [-0.25, -0.2) is 0 Å². The molecule has 3 nitrogen and oxygen atoms in total. The first-order valence-electron chi connectivity index (χ1n) is 9.53. The van der Waals surface area contributed by atoms with Crippen molar-refractivity contribution in [3.63, 3.8) is 0 Å². The second-order valence-electron chi connectivity index (χ2n) is 6.62. The summed E-state index contributed by atoms with van der Waals surface area (Å²) in [4.78, 5) is 10.5. The van der Waals surface area contributed by atoms with Gasteiger partial charge in [-0.15, -0.1) is 0 Å². The second kappa shape index (κ2) is 11.1. The van der Waals surface area contributed by atoms with E-state index in [1.807, 2.05) is 60.7 Å². The molecule has 2 rings (SSSR count). The van der Waals surface area contributed by atoms with Gasteiger partial charge in [0.15, 0.2) is 0 Å². The first-order chi connectivity index (χ1) is 13.1. The predicted octanol–water partition coefficient (Wildman–Crippen LogP) is 5.85. The van der Waals surface area contributed by atoms with Gasteiger partial charge in [-0.2, -0.15) is 0 Å². The third kappa shape index (κ3) is 7.24. The van der Waals surface area contributed by atoms with Crippen molar-refractivity contribution in [2.24, 2.45) is 0 Å². The molecule has 0 saturated carbocycles. The lowest BCUT2D eigenvalue weighted by Crippen LogP contribution is -1.99. The van der Waals surface area contributed by atoms with Crippen LogP contribution in [0.2, 0.25) is 0 Å². The van der Waals surface area contributed by atoms with Gasteiger partial charge in [0, 0.05) is 6.42 Å². The zero-order chi connectivity index (χ0) is 19.5. The fourth-order valence-electron chi connectivity index (χ4n) is 2.79. The Bertz CT molecular complexity index is 772. The number of hydrogen-bond acceptors (Lipinski definition) is 2. The molecule has 0 heterocycles. The second-order valence-corrected chi connectivity index (χ2v) is 6.62. The molecule has 0 saturated heterocycles. The van der Waals surface area contributed by atoms with Gasteiger partial charge >= 0.3 is 5.97 Å². The molecule has 0 aliphatic heterocycles. The van der Waals surface area contributed by atoms with Crippen LogP contribution in [-0.4, -0.2) is 16.2 Å². The molecule has 1 atom stereocenters. The molecule has 2 N–H and O–H groups in total. The summed E-state index contributed by atoms with van der Waals surface area (Å²) in [6.45, 7) is 2.16. The van der Waals surface area contributed by atoms with Crippen LogP contribution in [0, 0.1) is 0 Å². The quantitative estimate of drug-likeness (QED) is 0.520. The molecule has 2 aromatic carbocycles. The Morgan fingerprint density at radius 2 is 1.67 bits per heavy atom. The van der Waals surface area contributed by atoms with Crippen LogP contribution in [0.3, 0.4) is 0 Å². The summed E-state index contributed by atoms with van der Waals surface area (Å²) in [6, 6.07) is 15.8. The van der Waals surface area contributed by atoms with Gasteiger partial charge in [-0.3, -0.25) is 4.79 Å². The summed E-state index contributed by atoms with van der Waals surface area (Å²) in [7, 11) is 0. The van der Waals surface area contributed by atoms with E-state index < -0.39 is 12.1 Å². The molecule has 1 unspecified atom stereocenters. The molecular weight excluding hydrogens is 336 g/mol. The van der Waals surface area contributed by atoms with Crippen LogP contribution in [0.1, 0.15) is 67.4 Å². The number of carboxylic acids is 1. The molecule has 0 aromatic heterocycles. The molecular formula is C24H28O3. The molecule has 0 bridgehead atoms. The van der Waals surface area contributed by atoms with Crippen molar-refractivity contribution in [3.05, 3.63) is 82.9 Å². The monoisotopic (exact) mass is 364 g/mol. The summed E-state index contributed by atoms with van der Waals surface area (Å²) < 4.78 is 0. The van der Waals surface area contributed by atoms with Gasteiger partial charge in [0.25, 0.3) is 0 Å². The maximum absolute atomic E-state index is 10.7. The SMILES string of the molecule is CCC/C=C\c1ccc(C(O)c2cccc(/C=C\CCCC(=O)O)c2)cc1. The number of carboxylic acid groups (broad SMARTS) is 1. The maximum atomic E-state index is 10.7. The summed E-state index contributed by atoms with van der Waals surface area (Å²) in [5, 5.41) is 19.3. The lowest BCUT2D eigenvalue weighted by molar-refractivity contribution is -0.137. The Morgan fingerprint density at radius 3 is 2.37 bits per heavy atom. The standard InChI is InChI=1S/C24H28O3/c1-2-3-5-9-19-14-16-21(17-15-19)24(27)22-12-8-11-20(18-22)10-6-4-7-13-23(25)26/h5-6,8-12,14-18,24,27H,2-4,7,13H2,1H3,(H,25,26)/b9-5-,10-6-. The summed E-state index contributed by atoms with van der Waals surface area (Å²) in [5.74, 6) is -0.764. The lowest BCUT2D eigenvalue weighted by atomic mass is 9.98. The van der Waals surface area contributed by atoms with Gasteiger partial charge in [-0.1, -0.05) is 80.1 Å². The number of allylic oxidation sites excluding steroid dienone is 2. The van der Waals surface area contributed by atoms with Crippen molar-refractivity contribution < 1.29 is 15.0 Å². The third-order valence-corrected chi connectivity index (χ3v) is 4.32. The number of carbonyl (C=O) groups is 1. The first-order valence-corrected chi connectivity index (χ1v) is 9.53. The molecule has 0 aliphatic carbocycles.